The Bertz CT molecular complexity index is 1080. The number of carbonyl (C=O) groups excluding carboxylic acids is 1. The van der Waals surface area contributed by atoms with Crippen molar-refractivity contribution in [2.24, 2.45) is 0 Å². The number of fused-ring (bicyclic) bond motifs is 1. The van der Waals surface area contributed by atoms with E-state index in [1.54, 1.807) is 19.4 Å². The highest BCUT2D eigenvalue weighted by molar-refractivity contribution is 5.78. The molecule has 7 heteroatoms. The van der Waals surface area contributed by atoms with Gasteiger partial charge in [-0.05, 0) is 24.3 Å². The fraction of sp³-hybridized carbons (Fsp3) is 0.150. The molecule has 0 spiro atoms. The fourth-order valence-corrected chi connectivity index (χ4v) is 2.84. The first-order valence-corrected chi connectivity index (χ1v) is 8.50. The van der Waals surface area contributed by atoms with E-state index in [9.17, 15) is 4.79 Å². The van der Waals surface area contributed by atoms with Gasteiger partial charge in [-0.3, -0.25) is 4.79 Å². The van der Waals surface area contributed by atoms with Crippen molar-refractivity contribution >= 4 is 11.4 Å². The Kier molecular flexibility index (Phi) is 4.57. The minimum atomic E-state index is -0.145. The first kappa shape index (κ1) is 16.8. The van der Waals surface area contributed by atoms with Gasteiger partial charge in [0.2, 0.25) is 5.91 Å². The van der Waals surface area contributed by atoms with Gasteiger partial charge in [-0.2, -0.15) is 0 Å². The summed E-state index contributed by atoms with van der Waals surface area (Å²) in [5.74, 6) is 1.95. The van der Waals surface area contributed by atoms with Crippen molar-refractivity contribution in [2.75, 3.05) is 7.11 Å². The molecule has 0 saturated heterocycles. The molecule has 0 aliphatic carbocycles. The van der Waals surface area contributed by atoms with E-state index in [-0.39, 0.29) is 12.3 Å². The van der Waals surface area contributed by atoms with E-state index >= 15 is 0 Å². The maximum atomic E-state index is 12.2. The summed E-state index contributed by atoms with van der Waals surface area (Å²) < 4.78 is 12.5. The Morgan fingerprint density at radius 3 is 3.04 bits per heavy atom. The first-order valence-electron chi connectivity index (χ1n) is 8.50. The SMILES string of the molecule is COc1cccc(-c2cc(CC(=O)NCc3ncc4ccccn34)no2)c1. The van der Waals surface area contributed by atoms with Crippen LogP contribution in [0.4, 0.5) is 0 Å². The lowest BCUT2D eigenvalue weighted by Crippen LogP contribution is -2.25. The van der Waals surface area contributed by atoms with Crippen LogP contribution in [0.25, 0.3) is 16.8 Å². The van der Waals surface area contributed by atoms with Gasteiger partial charge in [0.05, 0.1) is 37.5 Å². The lowest BCUT2D eigenvalue weighted by atomic mass is 10.1. The van der Waals surface area contributed by atoms with E-state index in [0.29, 0.717) is 18.0 Å². The number of hydrogen-bond donors (Lipinski definition) is 1. The van der Waals surface area contributed by atoms with Crippen LogP contribution in [0.1, 0.15) is 11.5 Å². The highest BCUT2D eigenvalue weighted by Crippen LogP contribution is 2.24. The van der Waals surface area contributed by atoms with Gasteiger partial charge in [-0.15, -0.1) is 0 Å². The van der Waals surface area contributed by atoms with E-state index in [4.69, 9.17) is 9.26 Å². The molecular weight excluding hydrogens is 344 g/mol. The lowest BCUT2D eigenvalue weighted by molar-refractivity contribution is -0.120. The van der Waals surface area contributed by atoms with Crippen LogP contribution in [-0.2, 0) is 17.8 Å². The summed E-state index contributed by atoms with van der Waals surface area (Å²) in [5.41, 5.74) is 2.40. The molecule has 7 nitrogen and oxygen atoms in total. The number of carbonyl (C=O) groups is 1. The van der Waals surface area contributed by atoms with Crippen molar-refractivity contribution in [1.29, 1.82) is 0 Å². The van der Waals surface area contributed by atoms with Gasteiger partial charge in [0.25, 0.3) is 0 Å². The van der Waals surface area contributed by atoms with Gasteiger partial charge in [-0.25, -0.2) is 4.98 Å². The van der Waals surface area contributed by atoms with Gasteiger partial charge >= 0.3 is 0 Å². The number of nitrogens with one attached hydrogen (secondary N) is 1. The molecule has 27 heavy (non-hydrogen) atoms. The number of ether oxygens (including phenoxy) is 1. The summed E-state index contributed by atoms with van der Waals surface area (Å²) in [4.78, 5) is 16.6. The Labute approximate surface area is 155 Å². The van der Waals surface area contributed by atoms with Gasteiger partial charge < -0.3 is 19.0 Å². The van der Waals surface area contributed by atoms with Crippen LogP contribution in [0.3, 0.4) is 0 Å². The van der Waals surface area contributed by atoms with E-state index in [2.05, 4.69) is 15.5 Å². The summed E-state index contributed by atoms with van der Waals surface area (Å²) >= 11 is 0. The van der Waals surface area contributed by atoms with Crippen molar-refractivity contribution in [3.05, 3.63) is 72.4 Å². The minimum absolute atomic E-state index is 0.136. The minimum Gasteiger partial charge on any atom is -0.497 e. The molecule has 0 radical (unpaired) electrons. The lowest BCUT2D eigenvalue weighted by Gasteiger charge is -2.03. The van der Waals surface area contributed by atoms with Crippen LogP contribution in [0.2, 0.25) is 0 Å². The Morgan fingerprint density at radius 1 is 1.22 bits per heavy atom. The van der Waals surface area contributed by atoms with Crippen LogP contribution in [0.5, 0.6) is 5.75 Å². The molecule has 136 valence electrons. The van der Waals surface area contributed by atoms with Crippen molar-refractivity contribution < 1.29 is 14.1 Å². The molecule has 0 bridgehead atoms. The smallest absolute Gasteiger partial charge is 0.226 e. The third-order valence-corrected chi connectivity index (χ3v) is 4.21. The molecule has 4 aromatic rings. The second-order valence-corrected chi connectivity index (χ2v) is 6.04. The van der Waals surface area contributed by atoms with Gasteiger partial charge in [0.1, 0.15) is 11.6 Å². The number of rotatable bonds is 6. The molecule has 0 unspecified atom stereocenters. The van der Waals surface area contributed by atoms with Crippen LogP contribution >= 0.6 is 0 Å². The zero-order valence-electron chi connectivity index (χ0n) is 14.8. The number of pyridine rings is 1. The first-order chi connectivity index (χ1) is 13.2. The quantitative estimate of drug-likeness (QED) is 0.570. The van der Waals surface area contributed by atoms with Crippen molar-refractivity contribution in [2.45, 2.75) is 13.0 Å². The Balaban J connectivity index is 1.39. The summed E-state index contributed by atoms with van der Waals surface area (Å²) in [6.07, 6.45) is 3.83. The summed E-state index contributed by atoms with van der Waals surface area (Å²) in [6.45, 7) is 0.345. The third-order valence-electron chi connectivity index (χ3n) is 4.21. The van der Waals surface area contributed by atoms with E-state index in [1.165, 1.54) is 0 Å². The highest BCUT2D eigenvalue weighted by atomic mass is 16.5. The average Bonchev–Trinajstić information content (AvgIpc) is 3.33. The number of aromatic nitrogens is 3. The van der Waals surface area contributed by atoms with Crippen molar-refractivity contribution in [3.63, 3.8) is 0 Å². The Morgan fingerprint density at radius 2 is 2.15 bits per heavy atom. The largest absolute Gasteiger partial charge is 0.497 e. The summed E-state index contributed by atoms with van der Waals surface area (Å²) in [7, 11) is 1.61. The molecule has 0 fully saturated rings. The molecule has 1 amide bonds. The topological polar surface area (TPSA) is 81.7 Å². The second kappa shape index (κ2) is 7.33. The van der Waals surface area contributed by atoms with Crippen LogP contribution < -0.4 is 10.1 Å². The zero-order valence-corrected chi connectivity index (χ0v) is 14.8. The predicted octanol–water partition coefficient (Wildman–Crippen LogP) is 2.86. The van der Waals surface area contributed by atoms with Crippen molar-refractivity contribution in [3.8, 4) is 17.1 Å². The molecular formula is C20H18N4O3. The number of methoxy groups -OCH3 is 1. The van der Waals surface area contributed by atoms with Crippen LogP contribution in [-0.4, -0.2) is 27.6 Å². The van der Waals surface area contributed by atoms with Gasteiger partial charge in [0, 0.05) is 17.8 Å². The molecule has 4 rings (SSSR count). The van der Waals surface area contributed by atoms with Crippen LogP contribution in [0, 0.1) is 0 Å². The van der Waals surface area contributed by atoms with E-state index in [0.717, 1.165) is 22.7 Å². The van der Waals surface area contributed by atoms with E-state index < -0.39 is 0 Å². The number of imidazole rings is 1. The average molecular weight is 362 g/mol. The molecule has 1 N–H and O–H groups in total. The maximum Gasteiger partial charge on any atom is 0.226 e. The monoisotopic (exact) mass is 362 g/mol. The fourth-order valence-electron chi connectivity index (χ4n) is 2.84. The molecule has 1 aromatic carbocycles. The second-order valence-electron chi connectivity index (χ2n) is 6.04. The van der Waals surface area contributed by atoms with Crippen LogP contribution in [0.15, 0.2) is 65.4 Å². The standard InChI is InChI=1S/C20H18N4O3/c1-26-17-7-4-5-14(9-17)18-10-15(23-27-18)11-20(25)22-13-19-21-12-16-6-2-3-8-24(16)19/h2-10,12H,11,13H2,1H3,(H,22,25). The third kappa shape index (κ3) is 3.67. The molecule has 3 heterocycles. The highest BCUT2D eigenvalue weighted by Gasteiger charge is 2.12. The number of hydrogen-bond acceptors (Lipinski definition) is 5. The molecule has 0 aliphatic heterocycles. The molecule has 0 aliphatic rings. The normalized spacial score (nSPS) is 10.9. The van der Waals surface area contributed by atoms with E-state index in [1.807, 2.05) is 53.1 Å². The Hall–Kier alpha value is -3.61. The van der Waals surface area contributed by atoms with Crippen molar-refractivity contribution in [1.82, 2.24) is 19.9 Å². The summed E-state index contributed by atoms with van der Waals surface area (Å²) in [6, 6.07) is 15.1. The molecule has 3 aromatic heterocycles. The molecule has 0 atom stereocenters. The number of nitrogens with zero attached hydrogens (tertiary/aromatic N) is 3. The molecule has 0 saturated carbocycles. The summed E-state index contributed by atoms with van der Waals surface area (Å²) in [5, 5.41) is 6.85. The zero-order chi connectivity index (χ0) is 18.6. The van der Waals surface area contributed by atoms with Gasteiger partial charge in [-0.1, -0.05) is 23.4 Å². The number of benzene rings is 1. The predicted molar refractivity (Wildman–Crippen MR) is 99.2 cm³/mol. The number of amides is 1. The van der Waals surface area contributed by atoms with Gasteiger partial charge in [0.15, 0.2) is 5.76 Å². The maximum absolute atomic E-state index is 12.2.